The van der Waals surface area contributed by atoms with E-state index in [0.29, 0.717) is 0 Å². The average molecular weight is 229 g/mol. The lowest BCUT2D eigenvalue weighted by Gasteiger charge is -2.15. The minimum absolute atomic E-state index is 0.0668. The van der Waals surface area contributed by atoms with Crippen LogP contribution >= 0.6 is 0 Å². The van der Waals surface area contributed by atoms with Gasteiger partial charge in [-0.2, -0.15) is 0 Å². The van der Waals surface area contributed by atoms with E-state index in [1.807, 2.05) is 6.07 Å². The number of aromatic amines is 1. The van der Waals surface area contributed by atoms with Crippen LogP contribution in [0.3, 0.4) is 0 Å². The van der Waals surface area contributed by atoms with Gasteiger partial charge >= 0.3 is 0 Å². The van der Waals surface area contributed by atoms with Crippen molar-refractivity contribution in [3.8, 4) is 11.3 Å². The number of hydrogen-bond acceptors (Lipinski definition) is 3. The second-order valence-corrected chi connectivity index (χ2v) is 4.97. The summed E-state index contributed by atoms with van der Waals surface area (Å²) in [6, 6.07) is 5.02. The van der Waals surface area contributed by atoms with Crippen LogP contribution < -0.4 is 5.56 Å². The minimum atomic E-state index is -0.123. The fourth-order valence-corrected chi connectivity index (χ4v) is 1.47. The standard InChI is InChI=1S/C13H15N3O/c1-13(2,3)12-14-7-9(8-15-12)10-5-4-6-11(17)16-10/h4-8H,1-3H3,(H,16,17). The van der Waals surface area contributed by atoms with Crippen molar-refractivity contribution in [1.29, 1.82) is 0 Å². The molecule has 0 amide bonds. The third kappa shape index (κ3) is 2.58. The molecule has 0 radical (unpaired) electrons. The van der Waals surface area contributed by atoms with Gasteiger partial charge in [-0.25, -0.2) is 9.97 Å². The lowest BCUT2D eigenvalue weighted by Crippen LogP contribution is -2.15. The number of rotatable bonds is 1. The smallest absolute Gasteiger partial charge is 0.248 e. The topological polar surface area (TPSA) is 58.6 Å². The third-order valence-corrected chi connectivity index (χ3v) is 2.40. The highest BCUT2D eigenvalue weighted by Crippen LogP contribution is 2.19. The molecular formula is C13H15N3O. The molecule has 0 fully saturated rings. The van der Waals surface area contributed by atoms with E-state index in [1.165, 1.54) is 6.07 Å². The molecule has 2 heterocycles. The Morgan fingerprint density at radius 2 is 1.76 bits per heavy atom. The van der Waals surface area contributed by atoms with Crippen molar-refractivity contribution in [3.05, 3.63) is 46.8 Å². The maximum atomic E-state index is 11.2. The summed E-state index contributed by atoms with van der Waals surface area (Å²) in [5.41, 5.74) is 1.36. The van der Waals surface area contributed by atoms with Gasteiger partial charge in [0.25, 0.3) is 0 Å². The van der Waals surface area contributed by atoms with Gasteiger partial charge in [-0.3, -0.25) is 4.79 Å². The van der Waals surface area contributed by atoms with Crippen molar-refractivity contribution >= 4 is 0 Å². The summed E-state index contributed by atoms with van der Waals surface area (Å²) in [5, 5.41) is 0. The van der Waals surface area contributed by atoms with Crippen LogP contribution in [-0.2, 0) is 5.41 Å². The second kappa shape index (κ2) is 4.13. The first-order valence-electron chi connectivity index (χ1n) is 5.49. The van der Waals surface area contributed by atoms with Gasteiger partial charge in [0.05, 0.1) is 5.69 Å². The first-order chi connectivity index (χ1) is 7.97. The molecule has 2 aromatic rings. The number of H-pyrrole nitrogens is 1. The molecule has 0 aliphatic rings. The molecule has 0 spiro atoms. The fourth-order valence-electron chi connectivity index (χ4n) is 1.47. The van der Waals surface area contributed by atoms with Crippen LogP contribution in [0.2, 0.25) is 0 Å². The predicted octanol–water partition coefficient (Wildman–Crippen LogP) is 2.13. The number of hydrogen-bond donors (Lipinski definition) is 1. The summed E-state index contributed by atoms with van der Waals surface area (Å²) in [6.45, 7) is 6.19. The molecule has 88 valence electrons. The molecule has 4 heteroatoms. The van der Waals surface area contributed by atoms with Gasteiger partial charge in [-0.1, -0.05) is 26.8 Å². The lowest BCUT2D eigenvalue weighted by atomic mass is 9.96. The zero-order valence-electron chi connectivity index (χ0n) is 10.2. The van der Waals surface area contributed by atoms with E-state index < -0.39 is 0 Å². The molecule has 2 aromatic heterocycles. The molecule has 0 aliphatic carbocycles. The molecule has 0 saturated carbocycles. The Balaban J connectivity index is 2.39. The monoisotopic (exact) mass is 229 g/mol. The largest absolute Gasteiger partial charge is 0.322 e. The molecule has 0 saturated heterocycles. The summed E-state index contributed by atoms with van der Waals surface area (Å²) >= 11 is 0. The van der Waals surface area contributed by atoms with Crippen molar-refractivity contribution in [2.45, 2.75) is 26.2 Å². The molecule has 0 aromatic carbocycles. The van der Waals surface area contributed by atoms with E-state index in [-0.39, 0.29) is 11.0 Å². The van der Waals surface area contributed by atoms with E-state index in [4.69, 9.17) is 0 Å². The minimum Gasteiger partial charge on any atom is -0.322 e. The Labute approximate surface area is 99.8 Å². The molecule has 0 bridgehead atoms. The highest BCUT2D eigenvalue weighted by Gasteiger charge is 2.16. The first-order valence-corrected chi connectivity index (χ1v) is 5.49. The summed E-state index contributed by atoms with van der Waals surface area (Å²) < 4.78 is 0. The zero-order valence-corrected chi connectivity index (χ0v) is 10.2. The quantitative estimate of drug-likeness (QED) is 0.815. The van der Waals surface area contributed by atoms with E-state index in [0.717, 1.165) is 17.1 Å². The second-order valence-electron chi connectivity index (χ2n) is 4.97. The van der Waals surface area contributed by atoms with Crippen molar-refractivity contribution in [2.75, 3.05) is 0 Å². The Morgan fingerprint density at radius 3 is 2.29 bits per heavy atom. The highest BCUT2D eigenvalue weighted by molar-refractivity contribution is 5.55. The summed E-state index contributed by atoms with van der Waals surface area (Å²) in [5.74, 6) is 0.791. The van der Waals surface area contributed by atoms with E-state index in [2.05, 4.69) is 35.7 Å². The van der Waals surface area contributed by atoms with Gasteiger partial charge in [-0.05, 0) is 6.07 Å². The predicted molar refractivity (Wildman–Crippen MR) is 66.8 cm³/mol. The van der Waals surface area contributed by atoms with Gasteiger partial charge in [0, 0.05) is 29.4 Å². The Kier molecular flexibility index (Phi) is 2.79. The summed E-state index contributed by atoms with van der Waals surface area (Å²) in [7, 11) is 0. The van der Waals surface area contributed by atoms with E-state index in [1.54, 1.807) is 18.5 Å². The van der Waals surface area contributed by atoms with Crippen LogP contribution in [0.5, 0.6) is 0 Å². The first kappa shape index (κ1) is 11.5. The van der Waals surface area contributed by atoms with Gasteiger partial charge in [0.2, 0.25) is 5.56 Å². The molecule has 0 unspecified atom stereocenters. The van der Waals surface area contributed by atoms with Crippen LogP contribution in [-0.4, -0.2) is 15.0 Å². The van der Waals surface area contributed by atoms with Crippen molar-refractivity contribution in [3.63, 3.8) is 0 Å². The molecule has 0 aliphatic heterocycles. The van der Waals surface area contributed by atoms with Gasteiger partial charge in [0.1, 0.15) is 5.82 Å². The summed E-state index contributed by atoms with van der Waals surface area (Å²) in [4.78, 5) is 22.6. The maximum absolute atomic E-state index is 11.2. The Hall–Kier alpha value is -1.97. The Bertz CT molecular complexity index is 564. The van der Waals surface area contributed by atoms with Crippen molar-refractivity contribution < 1.29 is 0 Å². The number of nitrogens with zero attached hydrogens (tertiary/aromatic N) is 2. The molecule has 4 nitrogen and oxygen atoms in total. The zero-order chi connectivity index (χ0) is 12.5. The van der Waals surface area contributed by atoms with Gasteiger partial charge in [-0.15, -0.1) is 0 Å². The molecule has 1 N–H and O–H groups in total. The number of nitrogens with one attached hydrogen (secondary N) is 1. The Morgan fingerprint density at radius 1 is 1.12 bits per heavy atom. The van der Waals surface area contributed by atoms with Crippen molar-refractivity contribution in [2.24, 2.45) is 0 Å². The molecule has 0 atom stereocenters. The van der Waals surface area contributed by atoms with Gasteiger partial charge < -0.3 is 4.98 Å². The number of aromatic nitrogens is 3. The van der Waals surface area contributed by atoms with Crippen molar-refractivity contribution in [1.82, 2.24) is 15.0 Å². The summed E-state index contributed by atoms with van der Waals surface area (Å²) in [6.07, 6.45) is 3.47. The normalized spacial score (nSPS) is 11.5. The van der Waals surface area contributed by atoms with Crippen LogP contribution in [0.15, 0.2) is 35.4 Å². The third-order valence-electron chi connectivity index (χ3n) is 2.40. The highest BCUT2D eigenvalue weighted by atomic mass is 16.1. The maximum Gasteiger partial charge on any atom is 0.248 e. The average Bonchev–Trinajstić information content (AvgIpc) is 2.28. The van der Waals surface area contributed by atoms with Crippen LogP contribution in [0.4, 0.5) is 0 Å². The number of pyridine rings is 1. The fraction of sp³-hybridized carbons (Fsp3) is 0.308. The lowest BCUT2D eigenvalue weighted by molar-refractivity contribution is 0.545. The van der Waals surface area contributed by atoms with E-state index in [9.17, 15) is 4.79 Å². The van der Waals surface area contributed by atoms with Gasteiger partial charge in [0.15, 0.2) is 0 Å². The van der Waals surface area contributed by atoms with Crippen LogP contribution in [0.1, 0.15) is 26.6 Å². The molecule has 17 heavy (non-hydrogen) atoms. The van der Waals surface area contributed by atoms with E-state index >= 15 is 0 Å². The SMILES string of the molecule is CC(C)(C)c1ncc(-c2cccc(=O)[nH]2)cn1. The van der Waals surface area contributed by atoms with Crippen LogP contribution in [0, 0.1) is 0 Å². The molecule has 2 rings (SSSR count). The van der Waals surface area contributed by atoms with Crippen LogP contribution in [0.25, 0.3) is 11.3 Å². The molecular weight excluding hydrogens is 214 g/mol.